The molecule has 3 heterocycles. The average Bonchev–Trinajstić information content (AvgIpc) is 3.45. The molecule has 1 aliphatic carbocycles. The highest BCUT2D eigenvalue weighted by atomic mass is 19.1. The molecule has 33 heavy (non-hydrogen) atoms. The molecule has 2 aliphatic rings. The van der Waals surface area contributed by atoms with Crippen molar-refractivity contribution >= 4 is 11.6 Å². The van der Waals surface area contributed by atoms with Gasteiger partial charge in [0.15, 0.2) is 5.69 Å². The Morgan fingerprint density at radius 3 is 2.67 bits per heavy atom. The number of likely N-dealkylation sites (tertiary alicyclic amines) is 1. The summed E-state index contributed by atoms with van der Waals surface area (Å²) in [6, 6.07) is 7.91. The first-order valence-corrected chi connectivity index (χ1v) is 10.9. The third kappa shape index (κ3) is 3.83. The molecule has 0 radical (unpaired) electrons. The number of ether oxygens (including phenoxy) is 1. The van der Waals surface area contributed by atoms with E-state index < -0.39 is 5.82 Å². The van der Waals surface area contributed by atoms with Crippen molar-refractivity contribution in [2.45, 2.75) is 31.2 Å². The number of carbonyl (C=O) groups excluding carboxylic acids is 1. The van der Waals surface area contributed by atoms with Crippen molar-refractivity contribution in [3.63, 3.8) is 0 Å². The first-order chi connectivity index (χ1) is 16.0. The summed E-state index contributed by atoms with van der Waals surface area (Å²) >= 11 is 0. The van der Waals surface area contributed by atoms with E-state index in [2.05, 4.69) is 9.83 Å². The van der Waals surface area contributed by atoms with Crippen molar-refractivity contribution in [3.05, 3.63) is 65.2 Å². The van der Waals surface area contributed by atoms with Gasteiger partial charge in [-0.2, -0.15) is 0 Å². The largest absolute Gasteiger partial charge is 0.481 e. The molecular weight excluding hydrogens is 423 g/mol. The molecule has 0 bridgehead atoms. The van der Waals surface area contributed by atoms with Crippen LogP contribution in [0.3, 0.4) is 0 Å². The molecule has 0 spiro atoms. The van der Waals surface area contributed by atoms with E-state index in [4.69, 9.17) is 22.0 Å². The van der Waals surface area contributed by atoms with E-state index in [0.29, 0.717) is 41.7 Å². The molecule has 1 amide bonds. The Hall–Kier alpha value is -3.77. The Labute approximate surface area is 190 Å². The van der Waals surface area contributed by atoms with Crippen LogP contribution in [0.1, 0.15) is 41.4 Å². The molecule has 1 atom stereocenters. The van der Waals surface area contributed by atoms with Gasteiger partial charge < -0.3 is 15.4 Å². The Kier molecular flexibility index (Phi) is 5.30. The van der Waals surface area contributed by atoms with Crippen molar-refractivity contribution in [1.29, 1.82) is 0 Å². The van der Waals surface area contributed by atoms with Crippen LogP contribution >= 0.6 is 0 Å². The topological polar surface area (TPSA) is 90.6 Å². The Bertz CT molecular complexity index is 1260. The highest BCUT2D eigenvalue weighted by molar-refractivity contribution is 5.95. The molecule has 1 saturated heterocycles. The number of imidazole rings is 1. The number of halogens is 1. The van der Waals surface area contributed by atoms with Gasteiger partial charge in [0, 0.05) is 36.7 Å². The number of nitrogens with zero attached hydrogens (tertiary/aromatic N) is 5. The van der Waals surface area contributed by atoms with Crippen LogP contribution in [-0.4, -0.2) is 51.6 Å². The van der Waals surface area contributed by atoms with Gasteiger partial charge in [-0.15, -0.1) is 0 Å². The first kappa shape index (κ1) is 21.1. The Morgan fingerprint density at radius 1 is 1.27 bits per heavy atom. The molecule has 1 saturated carbocycles. The summed E-state index contributed by atoms with van der Waals surface area (Å²) in [6.45, 7) is 8.21. The summed E-state index contributed by atoms with van der Waals surface area (Å²) in [5.41, 5.74) is 8.32. The number of amides is 1. The minimum absolute atomic E-state index is 0.0408. The Balaban J connectivity index is 1.70. The van der Waals surface area contributed by atoms with Crippen LogP contribution in [0.5, 0.6) is 5.88 Å². The number of methoxy groups -OCH3 is 1. The summed E-state index contributed by atoms with van der Waals surface area (Å²) in [5, 5.41) is 0. The van der Waals surface area contributed by atoms with E-state index in [1.54, 1.807) is 30.3 Å². The van der Waals surface area contributed by atoms with Crippen LogP contribution in [0.15, 0.2) is 36.5 Å². The van der Waals surface area contributed by atoms with Gasteiger partial charge in [-0.05, 0) is 31.4 Å². The quantitative estimate of drug-likeness (QED) is 0.604. The highest BCUT2D eigenvalue weighted by Crippen LogP contribution is 2.45. The van der Waals surface area contributed by atoms with Gasteiger partial charge in [-0.25, -0.2) is 19.2 Å². The van der Waals surface area contributed by atoms with Crippen LogP contribution in [0.25, 0.3) is 21.9 Å². The summed E-state index contributed by atoms with van der Waals surface area (Å²) in [7, 11) is 1.54. The summed E-state index contributed by atoms with van der Waals surface area (Å²) in [5.74, 6) is 0.283. The fourth-order valence-electron chi connectivity index (χ4n) is 4.26. The molecule has 2 N–H and O–H groups in total. The fraction of sp³-hybridized carbons (Fsp3) is 0.333. The van der Waals surface area contributed by atoms with Crippen molar-refractivity contribution in [3.8, 4) is 23.0 Å². The number of benzene rings is 1. The van der Waals surface area contributed by atoms with Gasteiger partial charge in [0.1, 0.15) is 11.6 Å². The molecule has 1 aliphatic heterocycles. The van der Waals surface area contributed by atoms with Crippen LogP contribution in [0, 0.1) is 12.4 Å². The number of nitrogens with two attached hydrogens (primary N) is 1. The van der Waals surface area contributed by atoms with E-state index in [0.717, 1.165) is 25.0 Å². The Morgan fingerprint density at radius 2 is 2.09 bits per heavy atom. The second-order valence-corrected chi connectivity index (χ2v) is 8.42. The van der Waals surface area contributed by atoms with Crippen LogP contribution < -0.4 is 10.5 Å². The van der Waals surface area contributed by atoms with Crippen LogP contribution in [-0.2, 0) is 0 Å². The molecule has 8 nitrogen and oxygen atoms in total. The summed E-state index contributed by atoms with van der Waals surface area (Å²) in [6.07, 6.45) is 4.29. The minimum Gasteiger partial charge on any atom is -0.481 e. The van der Waals surface area contributed by atoms with Crippen molar-refractivity contribution in [1.82, 2.24) is 19.4 Å². The number of rotatable bonds is 5. The lowest BCUT2D eigenvalue weighted by atomic mass is 10.1. The molecule has 2 fully saturated rings. The third-order valence-corrected chi connectivity index (χ3v) is 6.11. The third-order valence-electron chi connectivity index (χ3n) is 6.11. The van der Waals surface area contributed by atoms with Crippen LogP contribution in [0.4, 0.5) is 10.1 Å². The fourth-order valence-corrected chi connectivity index (χ4v) is 4.26. The molecular formula is C24H23FN6O2. The van der Waals surface area contributed by atoms with E-state index in [9.17, 15) is 9.18 Å². The second-order valence-electron chi connectivity index (χ2n) is 8.42. The molecule has 0 unspecified atom stereocenters. The van der Waals surface area contributed by atoms with Gasteiger partial charge in [0.05, 0.1) is 31.3 Å². The maximum absolute atomic E-state index is 14.5. The second kappa shape index (κ2) is 8.30. The lowest BCUT2D eigenvalue weighted by Gasteiger charge is -2.16. The smallest absolute Gasteiger partial charge is 0.274 e. The standard InChI is InChI=1S/C24H23FN6O2/c1-27-19-7-5-15(11-18(19)25)23-29-21(24(32)30-10-9-16(26)13-30)22(14-3-4-14)31(23)17-6-8-20(33-2)28-12-17/h5-8,11-12,14,16H,3-4,9-10,13,26H2,2H3/t16-/m0/s1. The minimum atomic E-state index is -0.628. The highest BCUT2D eigenvalue weighted by Gasteiger charge is 2.38. The number of carbonyl (C=O) groups is 1. The van der Waals surface area contributed by atoms with Gasteiger partial charge >= 0.3 is 0 Å². The molecule has 168 valence electrons. The summed E-state index contributed by atoms with van der Waals surface area (Å²) < 4.78 is 21.6. The van der Waals surface area contributed by atoms with E-state index in [1.165, 1.54) is 12.1 Å². The van der Waals surface area contributed by atoms with E-state index in [-0.39, 0.29) is 23.6 Å². The predicted octanol–water partition coefficient (Wildman–Crippen LogP) is 3.68. The normalized spacial score (nSPS) is 17.8. The maximum atomic E-state index is 14.5. The monoisotopic (exact) mass is 446 g/mol. The maximum Gasteiger partial charge on any atom is 0.274 e. The zero-order valence-corrected chi connectivity index (χ0v) is 18.2. The lowest BCUT2D eigenvalue weighted by Crippen LogP contribution is -2.32. The van der Waals surface area contributed by atoms with Gasteiger partial charge in [-0.3, -0.25) is 9.36 Å². The number of pyridine rings is 1. The zero-order valence-electron chi connectivity index (χ0n) is 18.2. The lowest BCUT2D eigenvalue weighted by molar-refractivity contribution is 0.0784. The summed E-state index contributed by atoms with van der Waals surface area (Å²) in [4.78, 5) is 27.5. The van der Waals surface area contributed by atoms with Crippen LogP contribution in [0.2, 0.25) is 0 Å². The predicted molar refractivity (Wildman–Crippen MR) is 120 cm³/mol. The van der Waals surface area contributed by atoms with Crippen molar-refractivity contribution < 1.29 is 13.9 Å². The first-order valence-electron chi connectivity index (χ1n) is 10.9. The van der Waals surface area contributed by atoms with E-state index >= 15 is 0 Å². The van der Waals surface area contributed by atoms with Crippen molar-refractivity contribution in [2.75, 3.05) is 20.2 Å². The molecule has 1 aromatic carbocycles. The van der Waals surface area contributed by atoms with Gasteiger partial charge in [-0.1, -0.05) is 12.1 Å². The SMILES string of the molecule is [C-]#[N+]c1ccc(-c2nc(C(=O)N3CC[C@H](N)C3)c(C3CC3)n2-c2ccc(OC)nc2)cc1F. The number of hydrogen-bond donors (Lipinski definition) is 1. The van der Waals surface area contributed by atoms with Gasteiger partial charge in [0.2, 0.25) is 11.6 Å². The zero-order chi connectivity index (χ0) is 23.1. The van der Waals surface area contributed by atoms with Gasteiger partial charge in [0.25, 0.3) is 5.91 Å². The number of hydrogen-bond acceptors (Lipinski definition) is 5. The molecule has 2 aromatic heterocycles. The molecule has 9 heteroatoms. The van der Waals surface area contributed by atoms with Crippen molar-refractivity contribution in [2.24, 2.45) is 5.73 Å². The molecule has 5 rings (SSSR count). The van der Waals surface area contributed by atoms with E-state index in [1.807, 2.05) is 10.6 Å². The average molecular weight is 446 g/mol. The number of aromatic nitrogens is 3. The molecule has 3 aromatic rings.